The zero-order chi connectivity index (χ0) is 27.7. The molecule has 0 spiro atoms. The van der Waals surface area contributed by atoms with Gasteiger partial charge in [0.15, 0.2) is 6.04 Å². The number of carboxylic acids is 1. The minimum Gasteiger partial charge on any atom is -0.508 e. The van der Waals surface area contributed by atoms with E-state index in [1.165, 1.54) is 56.0 Å². The summed E-state index contributed by atoms with van der Waals surface area (Å²) in [5.41, 5.74) is 0.731. The van der Waals surface area contributed by atoms with Gasteiger partial charge in [0.25, 0.3) is 5.91 Å². The summed E-state index contributed by atoms with van der Waals surface area (Å²) in [6, 6.07) is 3.37. The van der Waals surface area contributed by atoms with Gasteiger partial charge in [0.2, 0.25) is 17.5 Å². The van der Waals surface area contributed by atoms with E-state index in [9.17, 15) is 39.0 Å². The molecule has 1 aromatic carbocycles. The topological polar surface area (TPSA) is 180 Å². The Labute approximate surface area is 220 Å². The van der Waals surface area contributed by atoms with Crippen molar-refractivity contribution in [3.05, 3.63) is 52.7 Å². The number of phenols is 1. The number of ketones is 2. The van der Waals surface area contributed by atoms with Gasteiger partial charge in [-0.1, -0.05) is 12.1 Å². The second-order valence-corrected chi connectivity index (χ2v) is 9.91. The maximum absolute atomic E-state index is 13.4. The molecule has 0 radical (unpaired) electrons. The molecule has 38 heavy (non-hydrogen) atoms. The number of amides is 2. The number of Topliss-reactive ketones (excluding diaryl/α,β-unsaturated/α-hetero) is 2. The number of aliphatic carboxylic acids is 1. The fourth-order valence-electron chi connectivity index (χ4n) is 4.24. The van der Waals surface area contributed by atoms with Gasteiger partial charge < -0.3 is 20.3 Å². The molecule has 2 heterocycles. The molecule has 12 nitrogen and oxygen atoms in total. The van der Waals surface area contributed by atoms with E-state index < -0.39 is 52.8 Å². The van der Waals surface area contributed by atoms with E-state index in [0.717, 1.165) is 4.90 Å². The molecule has 0 saturated carbocycles. The van der Waals surface area contributed by atoms with Crippen molar-refractivity contribution in [3.8, 4) is 5.75 Å². The molecule has 1 fully saturated rings. The van der Waals surface area contributed by atoms with Crippen LogP contribution in [0.25, 0.3) is 0 Å². The Hall–Kier alpha value is -4.26. The summed E-state index contributed by atoms with van der Waals surface area (Å²) in [4.78, 5) is 78.8. The highest BCUT2D eigenvalue weighted by Gasteiger charge is 2.54. The Morgan fingerprint density at radius 1 is 1.21 bits per heavy atom. The van der Waals surface area contributed by atoms with Crippen molar-refractivity contribution in [3.63, 3.8) is 0 Å². The second-order valence-electron chi connectivity index (χ2n) is 8.80. The molecule has 1 saturated heterocycles. The number of carbonyl (C=O) groups excluding carboxylic acids is 5. The van der Waals surface area contributed by atoms with Crippen LogP contribution in [0.2, 0.25) is 0 Å². The van der Waals surface area contributed by atoms with Gasteiger partial charge in [-0.2, -0.15) is 0 Å². The molecule has 3 N–H and O–H groups in total. The third kappa shape index (κ3) is 5.23. The average Bonchev–Trinajstić information content (AvgIpc) is 2.87. The number of thioether (sulfide) groups is 1. The van der Waals surface area contributed by atoms with Gasteiger partial charge >= 0.3 is 11.9 Å². The smallest absolute Gasteiger partial charge is 0.352 e. The molecule has 2 aliphatic heterocycles. The van der Waals surface area contributed by atoms with Crippen LogP contribution in [0.1, 0.15) is 31.9 Å². The number of benzene rings is 1. The number of hydrogen-bond donors (Lipinski definition) is 3. The van der Waals surface area contributed by atoms with Crippen LogP contribution in [0.4, 0.5) is 0 Å². The van der Waals surface area contributed by atoms with Crippen LogP contribution in [0.15, 0.2) is 52.2 Å². The van der Waals surface area contributed by atoms with E-state index in [1.807, 2.05) is 0 Å². The van der Waals surface area contributed by atoms with Crippen molar-refractivity contribution in [1.29, 1.82) is 0 Å². The average molecular weight is 542 g/mol. The lowest BCUT2D eigenvalue weighted by Crippen LogP contribution is -2.70. The van der Waals surface area contributed by atoms with Crippen LogP contribution < -0.4 is 5.32 Å². The number of ether oxygens (including phenoxy) is 1. The maximum atomic E-state index is 13.4. The van der Waals surface area contributed by atoms with Crippen molar-refractivity contribution in [2.24, 2.45) is 4.99 Å². The van der Waals surface area contributed by atoms with Crippen LogP contribution >= 0.6 is 11.8 Å². The van der Waals surface area contributed by atoms with E-state index in [-0.39, 0.29) is 47.1 Å². The second kappa shape index (κ2) is 10.6. The van der Waals surface area contributed by atoms with Gasteiger partial charge in [-0.05, 0) is 30.7 Å². The number of aromatic hydroxyl groups is 1. The molecule has 1 aliphatic carbocycles. The maximum Gasteiger partial charge on any atom is 0.352 e. The summed E-state index contributed by atoms with van der Waals surface area (Å²) in [5, 5.41) is 21.3. The van der Waals surface area contributed by atoms with Gasteiger partial charge in [-0.25, -0.2) is 4.79 Å². The largest absolute Gasteiger partial charge is 0.508 e. The number of aliphatic imine (C=N–C) groups is 1. The molecular formula is C25H23N3O9S. The summed E-state index contributed by atoms with van der Waals surface area (Å²) in [5.74, 6) is -4.46. The molecular weight excluding hydrogens is 518 g/mol. The molecule has 3 atom stereocenters. The normalized spacial score (nSPS) is 22.9. The van der Waals surface area contributed by atoms with E-state index in [4.69, 9.17) is 4.74 Å². The van der Waals surface area contributed by atoms with Crippen molar-refractivity contribution >= 4 is 52.8 Å². The number of esters is 1. The molecule has 1 aromatic rings. The fraction of sp³-hybridized carbons (Fsp3) is 0.320. The number of carbonyl (C=O) groups is 6. The first-order valence-electron chi connectivity index (χ1n) is 11.4. The lowest BCUT2D eigenvalue weighted by Gasteiger charge is -2.49. The zero-order valence-electron chi connectivity index (χ0n) is 20.3. The van der Waals surface area contributed by atoms with Gasteiger partial charge in [0.05, 0.1) is 6.42 Å². The summed E-state index contributed by atoms with van der Waals surface area (Å²) in [6.45, 7) is 2.38. The molecule has 2 amide bonds. The molecule has 198 valence electrons. The molecule has 1 unspecified atom stereocenters. The first kappa shape index (κ1) is 26.8. The molecule has 13 heteroatoms. The summed E-state index contributed by atoms with van der Waals surface area (Å²) in [7, 11) is 0. The number of nitrogens with zero attached hydrogens (tertiary/aromatic N) is 2. The summed E-state index contributed by atoms with van der Waals surface area (Å²) in [6.07, 6.45) is 1.14. The van der Waals surface area contributed by atoms with Crippen molar-refractivity contribution < 1.29 is 43.7 Å². The number of phenolic OH excluding ortho intramolecular Hbond substituents is 1. The van der Waals surface area contributed by atoms with Crippen LogP contribution in [0.3, 0.4) is 0 Å². The van der Waals surface area contributed by atoms with Gasteiger partial charge in [0, 0.05) is 29.5 Å². The Balaban J connectivity index is 1.59. The van der Waals surface area contributed by atoms with E-state index in [2.05, 4.69) is 10.3 Å². The Morgan fingerprint density at radius 3 is 2.50 bits per heavy atom. The van der Waals surface area contributed by atoms with Crippen LogP contribution in [-0.4, -0.2) is 79.9 Å². The van der Waals surface area contributed by atoms with E-state index >= 15 is 0 Å². The third-order valence-electron chi connectivity index (χ3n) is 6.09. The third-order valence-corrected chi connectivity index (χ3v) is 7.43. The SMILES string of the molecule is CC(=O)OCC1=C(C(=O)O)N2C(=O)[C@@H](NC(=O)C(N=C3C=C(C)C(=O)C(=O)C3)c3ccc(O)cc3)[C@H]2SC1. The Kier molecular flexibility index (Phi) is 7.49. The number of allylic oxidation sites excluding steroid dienone is 2. The molecule has 0 aromatic heterocycles. The number of rotatable bonds is 7. The Morgan fingerprint density at radius 2 is 1.89 bits per heavy atom. The first-order valence-corrected chi connectivity index (χ1v) is 12.5. The monoisotopic (exact) mass is 541 g/mol. The lowest BCUT2D eigenvalue weighted by atomic mass is 9.95. The van der Waals surface area contributed by atoms with Crippen molar-refractivity contribution in [1.82, 2.24) is 10.2 Å². The molecule has 3 aliphatic rings. The highest BCUT2D eigenvalue weighted by molar-refractivity contribution is 8.00. The van der Waals surface area contributed by atoms with Crippen LogP contribution in [0.5, 0.6) is 5.75 Å². The number of fused-ring (bicyclic) bond motifs is 1. The van der Waals surface area contributed by atoms with Gasteiger partial charge in [-0.15, -0.1) is 11.8 Å². The minimum atomic E-state index is -1.36. The van der Waals surface area contributed by atoms with Gasteiger partial charge in [0.1, 0.15) is 29.5 Å². The summed E-state index contributed by atoms with van der Waals surface area (Å²) < 4.78 is 4.92. The number of β-lactam (4-membered cyclic amide) rings is 1. The molecule has 0 bridgehead atoms. The van der Waals surface area contributed by atoms with E-state index in [1.54, 1.807) is 0 Å². The highest BCUT2D eigenvalue weighted by atomic mass is 32.2. The number of carboxylic acid groups (broad SMARTS) is 1. The fourth-order valence-corrected chi connectivity index (χ4v) is 5.56. The Bertz CT molecular complexity index is 1350. The van der Waals surface area contributed by atoms with Crippen LogP contribution in [-0.2, 0) is 33.5 Å². The van der Waals surface area contributed by atoms with Crippen molar-refractivity contribution in [2.75, 3.05) is 12.4 Å². The first-order chi connectivity index (χ1) is 18.0. The minimum absolute atomic E-state index is 0.0456. The van der Waals surface area contributed by atoms with Crippen LogP contribution in [0, 0.1) is 0 Å². The predicted molar refractivity (Wildman–Crippen MR) is 133 cm³/mol. The van der Waals surface area contributed by atoms with E-state index in [0.29, 0.717) is 5.56 Å². The summed E-state index contributed by atoms with van der Waals surface area (Å²) >= 11 is 1.21. The van der Waals surface area contributed by atoms with Crippen molar-refractivity contribution in [2.45, 2.75) is 37.7 Å². The predicted octanol–water partition coefficient (Wildman–Crippen LogP) is 0.664. The van der Waals surface area contributed by atoms with Gasteiger partial charge in [-0.3, -0.25) is 33.9 Å². The highest BCUT2D eigenvalue weighted by Crippen LogP contribution is 2.40. The number of hydrogen-bond acceptors (Lipinski definition) is 10. The lowest BCUT2D eigenvalue weighted by molar-refractivity contribution is -0.151. The quantitative estimate of drug-likeness (QED) is 0.252. The molecule has 4 rings (SSSR count). The standard InChI is InChI=1S/C25H23N3O9S/c1-11-7-15(8-17(31)21(11)32)26-18(13-3-5-16(30)6-4-13)22(33)27-19-23(34)28-20(25(35)36)14(9-37-12(2)29)10-38-24(19)28/h3-7,18-19,24,30H,8-10H2,1-2H3,(H,27,33)(H,35,36)/t18?,19-,24-/m1/s1. The zero-order valence-corrected chi connectivity index (χ0v) is 21.1. The number of nitrogens with one attached hydrogen (secondary N) is 1.